The van der Waals surface area contributed by atoms with E-state index in [1.54, 1.807) is 31.7 Å². The third-order valence-electron chi connectivity index (χ3n) is 6.35. The summed E-state index contributed by atoms with van der Waals surface area (Å²) in [6.07, 6.45) is 8.45. The predicted octanol–water partition coefficient (Wildman–Crippen LogP) is 4.25. The van der Waals surface area contributed by atoms with E-state index in [1.807, 2.05) is 35.2 Å². The summed E-state index contributed by atoms with van der Waals surface area (Å²) in [5.41, 5.74) is 4.55. The number of carbonyl (C=O) groups is 1. The maximum absolute atomic E-state index is 12.8. The van der Waals surface area contributed by atoms with Crippen molar-refractivity contribution in [3.05, 3.63) is 95.3 Å². The predicted molar refractivity (Wildman–Crippen MR) is 130 cm³/mol. The van der Waals surface area contributed by atoms with Crippen LogP contribution in [0, 0.1) is 0 Å². The van der Waals surface area contributed by atoms with Crippen molar-refractivity contribution in [3.63, 3.8) is 0 Å². The van der Waals surface area contributed by atoms with Crippen LogP contribution in [0.5, 0.6) is 11.5 Å². The summed E-state index contributed by atoms with van der Waals surface area (Å²) < 4.78 is 18.0. The van der Waals surface area contributed by atoms with Crippen LogP contribution >= 0.6 is 0 Å². The van der Waals surface area contributed by atoms with Gasteiger partial charge in [0.15, 0.2) is 11.5 Å². The second-order valence-electron chi connectivity index (χ2n) is 8.59. The number of benzene rings is 2. The molecule has 1 fully saturated rings. The highest BCUT2D eigenvalue weighted by atomic mass is 16.5. The molecule has 0 spiro atoms. The van der Waals surface area contributed by atoms with Crippen molar-refractivity contribution >= 4 is 12.0 Å². The van der Waals surface area contributed by atoms with Crippen molar-refractivity contribution in [3.8, 4) is 11.5 Å². The smallest absolute Gasteiger partial charge is 0.246 e. The lowest BCUT2D eigenvalue weighted by molar-refractivity contribution is -0.133. The molecule has 2 heterocycles. The molecule has 1 atom stereocenters. The molecule has 1 saturated heterocycles. The van der Waals surface area contributed by atoms with Gasteiger partial charge in [0.05, 0.1) is 20.3 Å². The van der Waals surface area contributed by atoms with E-state index < -0.39 is 0 Å². The molecule has 1 aliphatic carbocycles. The first-order valence-electron chi connectivity index (χ1n) is 11.6. The molecule has 6 nitrogen and oxygen atoms in total. The molecule has 2 aliphatic rings. The van der Waals surface area contributed by atoms with Crippen LogP contribution in [0.1, 0.15) is 28.4 Å². The van der Waals surface area contributed by atoms with Crippen molar-refractivity contribution in [1.29, 1.82) is 0 Å². The quantitative estimate of drug-likeness (QED) is 0.519. The molecule has 5 rings (SSSR count). The standard InChI is InChI=1S/C28H28N2O4/c1-32-25-10-9-23(17-26(25)34-24-15-21-6-2-3-7-22(21)16-24)27-19-30(13-14-33-27)28(31)11-8-20-5-4-12-29-18-20/h2-12,17-18,24,27H,13-16,19H2,1H3/b11-8+. The molecule has 174 valence electrons. The lowest BCUT2D eigenvalue weighted by Crippen LogP contribution is -2.41. The summed E-state index contributed by atoms with van der Waals surface area (Å²) in [4.78, 5) is 18.7. The van der Waals surface area contributed by atoms with Gasteiger partial charge in [-0.1, -0.05) is 36.4 Å². The lowest BCUT2D eigenvalue weighted by Gasteiger charge is -2.33. The number of hydrogen-bond donors (Lipinski definition) is 0. The minimum atomic E-state index is -0.224. The average Bonchev–Trinajstić information content (AvgIpc) is 3.30. The molecule has 0 radical (unpaired) electrons. The fraction of sp³-hybridized carbons (Fsp3) is 0.286. The molecule has 1 aromatic heterocycles. The molecule has 1 unspecified atom stereocenters. The SMILES string of the molecule is COc1ccc(C2CN(C(=O)/C=C/c3cccnc3)CCO2)cc1OC1Cc2ccccc2C1. The molecule has 0 saturated carbocycles. The van der Waals surface area contributed by atoms with Crippen LogP contribution in [0.4, 0.5) is 0 Å². The van der Waals surface area contributed by atoms with Gasteiger partial charge in [-0.05, 0) is 46.5 Å². The summed E-state index contributed by atoms with van der Waals surface area (Å²) in [7, 11) is 1.65. The third-order valence-corrected chi connectivity index (χ3v) is 6.35. The van der Waals surface area contributed by atoms with Gasteiger partial charge in [0.2, 0.25) is 5.91 Å². The molecule has 1 aliphatic heterocycles. The zero-order chi connectivity index (χ0) is 23.3. The second kappa shape index (κ2) is 10.1. The van der Waals surface area contributed by atoms with E-state index in [2.05, 4.69) is 29.2 Å². The Hall–Kier alpha value is -3.64. The van der Waals surface area contributed by atoms with Crippen LogP contribution in [-0.2, 0) is 22.4 Å². The van der Waals surface area contributed by atoms with Gasteiger partial charge >= 0.3 is 0 Å². The van der Waals surface area contributed by atoms with Crippen LogP contribution < -0.4 is 9.47 Å². The molecule has 0 N–H and O–H groups in total. The average molecular weight is 457 g/mol. The van der Waals surface area contributed by atoms with Crippen LogP contribution in [0.15, 0.2) is 73.1 Å². The summed E-state index contributed by atoms with van der Waals surface area (Å²) >= 11 is 0. The minimum absolute atomic E-state index is 0.0362. The fourth-order valence-corrected chi connectivity index (χ4v) is 4.57. The Bertz CT molecular complexity index is 1150. The second-order valence-corrected chi connectivity index (χ2v) is 8.59. The van der Waals surface area contributed by atoms with Crippen LogP contribution in [0.2, 0.25) is 0 Å². The maximum Gasteiger partial charge on any atom is 0.246 e. The number of hydrogen-bond acceptors (Lipinski definition) is 5. The number of rotatable bonds is 6. The zero-order valence-corrected chi connectivity index (χ0v) is 19.2. The van der Waals surface area contributed by atoms with E-state index in [0.29, 0.717) is 31.2 Å². The van der Waals surface area contributed by atoms with Gasteiger partial charge in [-0.25, -0.2) is 0 Å². The highest BCUT2D eigenvalue weighted by molar-refractivity contribution is 5.91. The number of methoxy groups -OCH3 is 1. The van der Waals surface area contributed by atoms with E-state index in [9.17, 15) is 4.79 Å². The highest BCUT2D eigenvalue weighted by Crippen LogP contribution is 2.35. The van der Waals surface area contributed by atoms with Gasteiger partial charge in [-0.15, -0.1) is 0 Å². The zero-order valence-electron chi connectivity index (χ0n) is 19.2. The number of aromatic nitrogens is 1. The summed E-state index contributed by atoms with van der Waals surface area (Å²) in [6.45, 7) is 1.53. The topological polar surface area (TPSA) is 60.9 Å². The first kappa shape index (κ1) is 22.2. The van der Waals surface area contributed by atoms with Crippen molar-refractivity contribution in [2.24, 2.45) is 0 Å². The first-order chi connectivity index (χ1) is 16.7. The van der Waals surface area contributed by atoms with E-state index in [1.165, 1.54) is 11.1 Å². The van der Waals surface area contributed by atoms with Gasteiger partial charge in [0.1, 0.15) is 12.2 Å². The third kappa shape index (κ3) is 4.97. The minimum Gasteiger partial charge on any atom is -0.493 e. The Balaban J connectivity index is 1.28. The van der Waals surface area contributed by atoms with Gasteiger partial charge in [-0.2, -0.15) is 0 Å². The Labute approximate surface area is 199 Å². The van der Waals surface area contributed by atoms with Gasteiger partial charge in [0, 0.05) is 37.9 Å². The number of carbonyl (C=O) groups excluding carboxylic acids is 1. The van der Waals surface area contributed by atoms with E-state index in [0.717, 1.165) is 24.0 Å². The molecule has 1 amide bonds. The maximum atomic E-state index is 12.8. The number of pyridine rings is 1. The van der Waals surface area contributed by atoms with E-state index in [-0.39, 0.29) is 18.1 Å². The molecule has 0 bridgehead atoms. The van der Waals surface area contributed by atoms with E-state index >= 15 is 0 Å². The molecule has 6 heteroatoms. The molecular weight excluding hydrogens is 428 g/mol. The number of ether oxygens (including phenoxy) is 3. The van der Waals surface area contributed by atoms with Crippen LogP contribution in [-0.4, -0.2) is 48.7 Å². The Morgan fingerprint density at radius 3 is 2.65 bits per heavy atom. The highest BCUT2D eigenvalue weighted by Gasteiger charge is 2.27. The van der Waals surface area contributed by atoms with Crippen molar-refractivity contribution in [1.82, 2.24) is 9.88 Å². The van der Waals surface area contributed by atoms with Crippen molar-refractivity contribution in [2.75, 3.05) is 26.8 Å². The summed E-state index contributed by atoms with van der Waals surface area (Å²) in [5.74, 6) is 1.37. The fourth-order valence-electron chi connectivity index (χ4n) is 4.57. The monoisotopic (exact) mass is 456 g/mol. The normalized spacial score (nSPS) is 18.1. The number of amides is 1. The Kier molecular flexibility index (Phi) is 6.58. The Morgan fingerprint density at radius 2 is 1.91 bits per heavy atom. The van der Waals surface area contributed by atoms with Gasteiger partial charge in [0.25, 0.3) is 0 Å². The first-order valence-corrected chi connectivity index (χ1v) is 11.6. The van der Waals surface area contributed by atoms with Crippen LogP contribution in [0.25, 0.3) is 6.08 Å². The summed E-state index contributed by atoms with van der Waals surface area (Å²) in [5, 5.41) is 0. The molecule has 34 heavy (non-hydrogen) atoms. The van der Waals surface area contributed by atoms with Crippen molar-refractivity contribution in [2.45, 2.75) is 25.0 Å². The lowest BCUT2D eigenvalue weighted by atomic mass is 10.1. The van der Waals surface area contributed by atoms with Gasteiger partial charge in [-0.3, -0.25) is 9.78 Å². The largest absolute Gasteiger partial charge is 0.493 e. The Morgan fingerprint density at radius 1 is 1.09 bits per heavy atom. The van der Waals surface area contributed by atoms with Gasteiger partial charge < -0.3 is 19.1 Å². The van der Waals surface area contributed by atoms with Crippen LogP contribution in [0.3, 0.4) is 0 Å². The molecular formula is C28H28N2O4. The summed E-state index contributed by atoms with van der Waals surface area (Å²) in [6, 6.07) is 18.1. The van der Waals surface area contributed by atoms with Crippen molar-refractivity contribution < 1.29 is 19.0 Å². The molecule has 3 aromatic rings. The van der Waals surface area contributed by atoms with E-state index in [4.69, 9.17) is 14.2 Å². The number of morpholine rings is 1. The molecule has 2 aromatic carbocycles. The number of fused-ring (bicyclic) bond motifs is 1. The number of nitrogens with zero attached hydrogens (tertiary/aromatic N) is 2.